The van der Waals surface area contributed by atoms with E-state index in [2.05, 4.69) is 36.2 Å². The molecule has 0 radical (unpaired) electrons. The summed E-state index contributed by atoms with van der Waals surface area (Å²) < 4.78 is 5.43. The number of nitrogens with zero attached hydrogens (tertiary/aromatic N) is 2. The summed E-state index contributed by atoms with van der Waals surface area (Å²) >= 11 is 0. The third kappa shape index (κ3) is 4.58. The minimum Gasteiger partial charge on any atom is -0.339 e. The van der Waals surface area contributed by atoms with Gasteiger partial charge in [-0.1, -0.05) is 38.8 Å². The van der Waals surface area contributed by atoms with Gasteiger partial charge in [0.05, 0.1) is 0 Å². The monoisotopic (exact) mass is 279 g/mol. The quantitative estimate of drug-likeness (QED) is 0.792. The smallest absolute Gasteiger partial charge is 0.228 e. The van der Waals surface area contributed by atoms with Crippen LogP contribution in [0.2, 0.25) is 0 Å². The molecule has 1 aliphatic rings. The number of aryl methyl sites for hydroxylation is 1. The Morgan fingerprint density at radius 2 is 2.05 bits per heavy atom. The highest BCUT2D eigenvalue weighted by atomic mass is 16.5. The third-order valence-corrected chi connectivity index (χ3v) is 4.29. The van der Waals surface area contributed by atoms with Crippen LogP contribution in [-0.2, 0) is 12.8 Å². The molecule has 114 valence electrons. The molecule has 1 unspecified atom stereocenters. The largest absolute Gasteiger partial charge is 0.339 e. The molecule has 1 saturated carbocycles. The lowest BCUT2D eigenvalue weighted by Gasteiger charge is -2.22. The molecule has 1 aromatic rings. The van der Waals surface area contributed by atoms with E-state index >= 15 is 0 Å². The molecular weight excluding hydrogens is 250 g/mol. The number of rotatable bonds is 8. The predicted molar refractivity (Wildman–Crippen MR) is 80.6 cm³/mol. The molecule has 0 aliphatic heterocycles. The van der Waals surface area contributed by atoms with Crippen molar-refractivity contribution in [3.8, 4) is 0 Å². The van der Waals surface area contributed by atoms with Crippen LogP contribution in [-0.4, -0.2) is 22.7 Å². The molecule has 1 aliphatic carbocycles. The molecule has 0 spiro atoms. The fraction of sp³-hybridized carbons (Fsp3) is 0.875. The van der Waals surface area contributed by atoms with Crippen molar-refractivity contribution in [1.82, 2.24) is 15.5 Å². The van der Waals surface area contributed by atoms with E-state index in [0.717, 1.165) is 43.4 Å². The number of nitrogens with one attached hydrogen (secondary N) is 1. The highest BCUT2D eigenvalue weighted by molar-refractivity contribution is 4.93. The second kappa shape index (κ2) is 7.77. The van der Waals surface area contributed by atoms with Gasteiger partial charge in [-0.25, -0.2) is 0 Å². The molecule has 4 heteroatoms. The summed E-state index contributed by atoms with van der Waals surface area (Å²) in [6.07, 6.45) is 8.35. The Morgan fingerprint density at radius 1 is 1.30 bits per heavy atom. The van der Waals surface area contributed by atoms with Crippen molar-refractivity contribution in [3.63, 3.8) is 0 Å². The SMILES string of the molecule is CCNC(Cc1nc(CCC(C)C)no1)C1CCCC1. The first-order chi connectivity index (χ1) is 9.69. The van der Waals surface area contributed by atoms with Crippen LogP contribution in [0.4, 0.5) is 0 Å². The molecular formula is C16H29N3O. The van der Waals surface area contributed by atoms with Crippen molar-refractivity contribution >= 4 is 0 Å². The van der Waals surface area contributed by atoms with Crippen molar-refractivity contribution in [2.24, 2.45) is 11.8 Å². The van der Waals surface area contributed by atoms with Crippen LogP contribution >= 0.6 is 0 Å². The second-order valence-electron chi connectivity index (χ2n) is 6.45. The van der Waals surface area contributed by atoms with E-state index in [1.54, 1.807) is 0 Å². The Labute approximate surface area is 122 Å². The van der Waals surface area contributed by atoms with Crippen molar-refractivity contribution in [2.75, 3.05) is 6.54 Å². The molecule has 2 rings (SSSR count). The van der Waals surface area contributed by atoms with E-state index in [1.807, 2.05) is 0 Å². The maximum atomic E-state index is 5.43. The van der Waals surface area contributed by atoms with Gasteiger partial charge < -0.3 is 9.84 Å². The van der Waals surface area contributed by atoms with Gasteiger partial charge in [0.15, 0.2) is 5.82 Å². The maximum absolute atomic E-state index is 5.43. The first kappa shape index (κ1) is 15.5. The van der Waals surface area contributed by atoms with E-state index in [-0.39, 0.29) is 0 Å². The van der Waals surface area contributed by atoms with Crippen LogP contribution in [0, 0.1) is 11.8 Å². The summed E-state index contributed by atoms with van der Waals surface area (Å²) in [6.45, 7) is 7.63. The molecule has 0 saturated heterocycles. The average Bonchev–Trinajstić information content (AvgIpc) is 3.07. The van der Waals surface area contributed by atoms with Crippen LogP contribution in [0.5, 0.6) is 0 Å². The van der Waals surface area contributed by atoms with Gasteiger partial charge in [0, 0.05) is 18.9 Å². The molecule has 1 aromatic heterocycles. The number of hydrogen-bond donors (Lipinski definition) is 1. The Bertz CT molecular complexity index is 383. The molecule has 0 bridgehead atoms. The Kier molecular flexibility index (Phi) is 6.02. The van der Waals surface area contributed by atoms with Gasteiger partial charge in [-0.2, -0.15) is 4.98 Å². The summed E-state index contributed by atoms with van der Waals surface area (Å²) in [6, 6.07) is 0.501. The van der Waals surface area contributed by atoms with Crippen molar-refractivity contribution < 1.29 is 4.52 Å². The lowest BCUT2D eigenvalue weighted by molar-refractivity contribution is 0.309. The van der Waals surface area contributed by atoms with Gasteiger partial charge >= 0.3 is 0 Å². The minimum atomic E-state index is 0.501. The number of hydrogen-bond acceptors (Lipinski definition) is 4. The first-order valence-electron chi connectivity index (χ1n) is 8.23. The molecule has 1 N–H and O–H groups in total. The fourth-order valence-corrected chi connectivity index (χ4v) is 3.11. The molecule has 1 atom stereocenters. The Balaban J connectivity index is 1.89. The van der Waals surface area contributed by atoms with Crippen molar-refractivity contribution in [2.45, 2.75) is 71.8 Å². The molecule has 1 heterocycles. The highest BCUT2D eigenvalue weighted by Gasteiger charge is 2.26. The summed E-state index contributed by atoms with van der Waals surface area (Å²) in [5, 5.41) is 7.72. The van der Waals surface area contributed by atoms with Crippen molar-refractivity contribution in [1.29, 1.82) is 0 Å². The summed E-state index contributed by atoms with van der Waals surface area (Å²) in [4.78, 5) is 4.56. The highest BCUT2D eigenvalue weighted by Crippen LogP contribution is 2.29. The third-order valence-electron chi connectivity index (χ3n) is 4.29. The van der Waals surface area contributed by atoms with Crippen LogP contribution in [0.3, 0.4) is 0 Å². The van der Waals surface area contributed by atoms with Crippen LogP contribution < -0.4 is 5.32 Å². The fourth-order valence-electron chi connectivity index (χ4n) is 3.11. The van der Waals surface area contributed by atoms with Gasteiger partial charge in [-0.3, -0.25) is 0 Å². The minimum absolute atomic E-state index is 0.501. The van der Waals surface area contributed by atoms with E-state index in [0.29, 0.717) is 12.0 Å². The van der Waals surface area contributed by atoms with Crippen LogP contribution in [0.25, 0.3) is 0 Å². The maximum Gasteiger partial charge on any atom is 0.228 e. The van der Waals surface area contributed by atoms with E-state index < -0.39 is 0 Å². The van der Waals surface area contributed by atoms with Crippen molar-refractivity contribution in [3.05, 3.63) is 11.7 Å². The van der Waals surface area contributed by atoms with E-state index in [9.17, 15) is 0 Å². The van der Waals surface area contributed by atoms with Gasteiger partial charge in [-0.15, -0.1) is 0 Å². The zero-order chi connectivity index (χ0) is 14.4. The van der Waals surface area contributed by atoms with Gasteiger partial charge in [-0.05, 0) is 37.6 Å². The second-order valence-corrected chi connectivity index (χ2v) is 6.45. The topological polar surface area (TPSA) is 51.0 Å². The van der Waals surface area contributed by atoms with E-state index in [1.165, 1.54) is 25.7 Å². The molecule has 0 amide bonds. The molecule has 0 aromatic carbocycles. The van der Waals surface area contributed by atoms with Crippen LogP contribution in [0.15, 0.2) is 4.52 Å². The van der Waals surface area contributed by atoms with Gasteiger partial charge in [0.25, 0.3) is 0 Å². The standard InChI is InChI=1S/C16H29N3O/c1-4-17-14(13-7-5-6-8-13)11-16-18-15(19-20-16)10-9-12(2)3/h12-14,17H,4-11H2,1-3H3. The summed E-state index contributed by atoms with van der Waals surface area (Å²) in [7, 11) is 0. The zero-order valence-electron chi connectivity index (χ0n) is 13.2. The first-order valence-corrected chi connectivity index (χ1v) is 8.23. The molecule has 1 fully saturated rings. The Hall–Kier alpha value is -0.900. The Morgan fingerprint density at radius 3 is 2.70 bits per heavy atom. The molecule has 20 heavy (non-hydrogen) atoms. The van der Waals surface area contributed by atoms with Gasteiger partial charge in [0.1, 0.15) is 0 Å². The average molecular weight is 279 g/mol. The number of likely N-dealkylation sites (N-methyl/N-ethyl adjacent to an activating group) is 1. The lowest BCUT2D eigenvalue weighted by atomic mass is 9.95. The predicted octanol–water partition coefficient (Wildman–Crippen LogP) is 3.37. The molecule has 4 nitrogen and oxygen atoms in total. The summed E-state index contributed by atoms with van der Waals surface area (Å²) in [5.41, 5.74) is 0. The number of aromatic nitrogens is 2. The van der Waals surface area contributed by atoms with Gasteiger partial charge in [0.2, 0.25) is 5.89 Å². The summed E-state index contributed by atoms with van der Waals surface area (Å²) in [5.74, 6) is 3.14. The van der Waals surface area contributed by atoms with Crippen LogP contribution in [0.1, 0.15) is 64.6 Å². The van der Waals surface area contributed by atoms with E-state index in [4.69, 9.17) is 4.52 Å². The lowest BCUT2D eigenvalue weighted by Crippen LogP contribution is -2.37. The zero-order valence-corrected chi connectivity index (χ0v) is 13.2. The normalized spacial score (nSPS) is 18.0.